The predicted molar refractivity (Wildman–Crippen MR) is 64.8 cm³/mol. The first-order valence-corrected chi connectivity index (χ1v) is 5.74. The molecule has 0 unspecified atom stereocenters. The Morgan fingerprint density at radius 1 is 1.39 bits per heavy atom. The van der Waals surface area contributed by atoms with E-state index in [2.05, 4.69) is 10.3 Å². The van der Waals surface area contributed by atoms with E-state index in [1.54, 1.807) is 0 Å². The maximum atomic E-state index is 12.9. The second-order valence-corrected chi connectivity index (χ2v) is 3.98. The molecule has 0 aliphatic carbocycles. The molecule has 2 rings (SSSR count). The number of rotatable bonds is 4. The van der Waals surface area contributed by atoms with E-state index in [1.807, 2.05) is 11.9 Å². The van der Waals surface area contributed by atoms with Crippen LogP contribution in [0.3, 0.4) is 0 Å². The fraction of sp³-hybridized carbons (Fsp3) is 0.417. The third kappa shape index (κ3) is 3.09. The van der Waals surface area contributed by atoms with Crippen molar-refractivity contribution in [3.8, 4) is 5.75 Å². The summed E-state index contributed by atoms with van der Waals surface area (Å²) in [5.41, 5.74) is 0. The van der Waals surface area contributed by atoms with Gasteiger partial charge in [-0.25, -0.2) is 8.78 Å². The molecular weight excluding hydrogens is 240 g/mol. The van der Waals surface area contributed by atoms with Gasteiger partial charge in [0.1, 0.15) is 12.4 Å². The summed E-state index contributed by atoms with van der Waals surface area (Å²) in [6.45, 7) is 2.62. The number of halogens is 2. The summed E-state index contributed by atoms with van der Waals surface area (Å²) in [7, 11) is 1.95. The predicted octanol–water partition coefficient (Wildman–Crippen LogP) is 1.23. The highest BCUT2D eigenvalue weighted by Gasteiger charge is 2.10. The minimum Gasteiger partial charge on any atom is -0.492 e. The van der Waals surface area contributed by atoms with Gasteiger partial charge < -0.3 is 15.0 Å². The number of nitrogens with one attached hydrogen (secondary N) is 1. The fourth-order valence-corrected chi connectivity index (χ4v) is 1.62. The van der Waals surface area contributed by atoms with Gasteiger partial charge in [-0.3, -0.25) is 4.99 Å². The van der Waals surface area contributed by atoms with E-state index in [4.69, 9.17) is 4.74 Å². The van der Waals surface area contributed by atoms with Crippen LogP contribution in [0.4, 0.5) is 8.78 Å². The number of hydrogen-bond donors (Lipinski definition) is 1. The number of likely N-dealkylation sites (N-methyl/N-ethyl adjacent to an activating group) is 1. The molecule has 0 aromatic heterocycles. The molecule has 1 N–H and O–H groups in total. The molecule has 1 aromatic carbocycles. The van der Waals surface area contributed by atoms with Gasteiger partial charge in [0, 0.05) is 19.7 Å². The highest BCUT2D eigenvalue weighted by Crippen LogP contribution is 2.14. The second-order valence-electron chi connectivity index (χ2n) is 3.98. The molecule has 98 valence electrons. The van der Waals surface area contributed by atoms with Crippen LogP contribution in [0.5, 0.6) is 5.75 Å². The van der Waals surface area contributed by atoms with Gasteiger partial charge in [-0.2, -0.15) is 0 Å². The average Bonchev–Trinajstić information content (AvgIpc) is 2.75. The van der Waals surface area contributed by atoms with Crippen molar-refractivity contribution in [1.82, 2.24) is 10.2 Å². The largest absolute Gasteiger partial charge is 0.492 e. The smallest absolute Gasteiger partial charge is 0.193 e. The zero-order valence-corrected chi connectivity index (χ0v) is 10.1. The van der Waals surface area contributed by atoms with Gasteiger partial charge in [0.2, 0.25) is 0 Å². The fourth-order valence-electron chi connectivity index (χ4n) is 1.62. The number of benzene rings is 1. The lowest BCUT2D eigenvalue weighted by atomic mass is 10.3. The van der Waals surface area contributed by atoms with Crippen molar-refractivity contribution in [3.63, 3.8) is 0 Å². The normalized spacial score (nSPS) is 14.6. The maximum absolute atomic E-state index is 12.9. The topological polar surface area (TPSA) is 36.9 Å². The van der Waals surface area contributed by atoms with Crippen LogP contribution in [0.15, 0.2) is 23.2 Å². The molecule has 0 saturated heterocycles. The number of ether oxygens (including phenoxy) is 1. The lowest BCUT2D eigenvalue weighted by molar-refractivity contribution is 0.317. The van der Waals surface area contributed by atoms with E-state index >= 15 is 0 Å². The number of guanidine groups is 1. The van der Waals surface area contributed by atoms with Crippen LogP contribution in [0, 0.1) is 11.6 Å². The molecule has 1 heterocycles. The Balaban J connectivity index is 1.73. The molecule has 0 spiro atoms. The third-order valence-corrected chi connectivity index (χ3v) is 2.60. The first kappa shape index (κ1) is 12.6. The van der Waals surface area contributed by atoms with Crippen LogP contribution < -0.4 is 10.1 Å². The zero-order chi connectivity index (χ0) is 13.0. The summed E-state index contributed by atoms with van der Waals surface area (Å²) in [5.74, 6) is -0.621. The van der Waals surface area contributed by atoms with Crippen molar-refractivity contribution in [2.24, 2.45) is 4.99 Å². The maximum Gasteiger partial charge on any atom is 0.193 e. The summed E-state index contributed by atoms with van der Waals surface area (Å²) >= 11 is 0. The Hall–Kier alpha value is -1.85. The van der Waals surface area contributed by atoms with Crippen molar-refractivity contribution in [2.75, 3.05) is 33.3 Å². The van der Waals surface area contributed by atoms with Gasteiger partial charge in [0.25, 0.3) is 0 Å². The van der Waals surface area contributed by atoms with E-state index in [0.29, 0.717) is 18.9 Å². The Kier molecular flexibility index (Phi) is 3.96. The highest BCUT2D eigenvalue weighted by molar-refractivity contribution is 5.81. The molecule has 6 heteroatoms. The molecule has 0 bridgehead atoms. The van der Waals surface area contributed by atoms with Gasteiger partial charge in [-0.1, -0.05) is 0 Å². The zero-order valence-electron chi connectivity index (χ0n) is 10.1. The Bertz CT molecular complexity index is 451. The summed E-state index contributed by atoms with van der Waals surface area (Å²) < 4.78 is 30.9. The minimum absolute atomic E-state index is 0.317. The second kappa shape index (κ2) is 5.66. The van der Waals surface area contributed by atoms with E-state index in [-0.39, 0.29) is 0 Å². The van der Waals surface area contributed by atoms with Crippen molar-refractivity contribution in [3.05, 3.63) is 29.8 Å². The van der Waals surface area contributed by atoms with Gasteiger partial charge in [0.15, 0.2) is 17.6 Å². The summed E-state index contributed by atoms with van der Waals surface area (Å²) in [5, 5.41) is 3.11. The molecular formula is C12H15F2N3O. The molecule has 1 aliphatic heterocycles. The van der Waals surface area contributed by atoms with Crippen LogP contribution in [0.2, 0.25) is 0 Å². The molecule has 1 aliphatic rings. The van der Waals surface area contributed by atoms with Gasteiger partial charge >= 0.3 is 0 Å². The number of hydrogen-bond acceptors (Lipinski definition) is 4. The minimum atomic E-state index is -0.902. The number of nitrogens with zero attached hydrogens (tertiary/aromatic N) is 2. The average molecular weight is 255 g/mol. The summed E-state index contributed by atoms with van der Waals surface area (Å²) in [4.78, 5) is 6.26. The summed E-state index contributed by atoms with van der Waals surface area (Å²) in [6, 6.07) is 3.49. The third-order valence-electron chi connectivity index (χ3n) is 2.60. The van der Waals surface area contributed by atoms with Gasteiger partial charge in [0.05, 0.1) is 13.1 Å². The quantitative estimate of drug-likeness (QED) is 0.822. The van der Waals surface area contributed by atoms with Crippen LogP contribution in [-0.4, -0.2) is 44.1 Å². The van der Waals surface area contributed by atoms with E-state index < -0.39 is 11.6 Å². The molecule has 0 amide bonds. The van der Waals surface area contributed by atoms with E-state index in [0.717, 1.165) is 31.2 Å². The molecule has 0 fully saturated rings. The monoisotopic (exact) mass is 255 g/mol. The van der Waals surface area contributed by atoms with Gasteiger partial charge in [-0.15, -0.1) is 0 Å². The molecule has 0 saturated carbocycles. The molecule has 0 atom stereocenters. The molecule has 0 radical (unpaired) electrons. The SMILES string of the molecule is CN1CCN=C1NCCOc1ccc(F)c(F)c1. The van der Waals surface area contributed by atoms with Crippen molar-refractivity contribution in [2.45, 2.75) is 0 Å². The van der Waals surface area contributed by atoms with Crippen molar-refractivity contribution in [1.29, 1.82) is 0 Å². The van der Waals surface area contributed by atoms with Crippen molar-refractivity contribution >= 4 is 5.96 Å². The highest BCUT2D eigenvalue weighted by atomic mass is 19.2. The van der Waals surface area contributed by atoms with E-state index in [9.17, 15) is 8.78 Å². The Morgan fingerprint density at radius 3 is 2.89 bits per heavy atom. The van der Waals surface area contributed by atoms with Crippen molar-refractivity contribution < 1.29 is 13.5 Å². The standard InChI is InChI=1S/C12H15F2N3O/c1-17-6-4-15-12(17)16-5-7-18-9-2-3-10(13)11(14)8-9/h2-3,8H,4-7H2,1H3,(H,15,16). The van der Waals surface area contributed by atoms with Crippen LogP contribution >= 0.6 is 0 Å². The first-order valence-electron chi connectivity index (χ1n) is 5.74. The Labute approximate surface area is 104 Å². The number of aliphatic imine (C=N–C) groups is 1. The lowest BCUT2D eigenvalue weighted by Crippen LogP contribution is -2.37. The molecule has 1 aromatic rings. The first-order chi connectivity index (χ1) is 8.66. The molecule has 18 heavy (non-hydrogen) atoms. The van der Waals surface area contributed by atoms with Crippen LogP contribution in [0.25, 0.3) is 0 Å². The van der Waals surface area contributed by atoms with E-state index in [1.165, 1.54) is 6.07 Å². The van der Waals surface area contributed by atoms with Crippen LogP contribution in [-0.2, 0) is 0 Å². The van der Waals surface area contributed by atoms with Gasteiger partial charge in [-0.05, 0) is 12.1 Å². The summed E-state index contributed by atoms with van der Waals surface area (Å²) in [6.07, 6.45) is 0. The van der Waals surface area contributed by atoms with Crippen LogP contribution in [0.1, 0.15) is 0 Å². The Morgan fingerprint density at radius 2 is 2.22 bits per heavy atom. The lowest BCUT2D eigenvalue weighted by Gasteiger charge is -2.15. The molecule has 4 nitrogen and oxygen atoms in total.